The fourth-order valence-corrected chi connectivity index (χ4v) is 2.28. The lowest BCUT2D eigenvalue weighted by Gasteiger charge is -2.07. The van der Waals surface area contributed by atoms with Gasteiger partial charge in [0, 0.05) is 23.2 Å². The molecule has 0 fully saturated rings. The summed E-state index contributed by atoms with van der Waals surface area (Å²) in [6, 6.07) is 7.82. The number of fused-ring (bicyclic) bond motifs is 1. The normalized spacial score (nSPS) is 10.8. The molecule has 3 aromatic rings. The lowest BCUT2D eigenvalue weighted by molar-refractivity contribution is 1.15. The quantitative estimate of drug-likeness (QED) is 0.648. The summed E-state index contributed by atoms with van der Waals surface area (Å²) in [4.78, 5) is 13.7. The van der Waals surface area contributed by atoms with E-state index in [1.54, 1.807) is 12.4 Å². The molecule has 2 heterocycles. The maximum atomic E-state index is 5.69. The average Bonchev–Trinajstić information content (AvgIpc) is 2.50. The van der Waals surface area contributed by atoms with E-state index in [0.29, 0.717) is 10.7 Å². The van der Waals surface area contributed by atoms with Crippen molar-refractivity contribution in [3.63, 3.8) is 0 Å². The SMILES string of the molecule is CCNc1cnc2ccc(-c3cnc(N)c(S)c3)cc2n1. The number of pyridine rings is 1. The van der Waals surface area contributed by atoms with Crippen molar-refractivity contribution in [2.75, 3.05) is 17.6 Å². The number of aromatic nitrogens is 3. The highest BCUT2D eigenvalue weighted by molar-refractivity contribution is 7.80. The lowest BCUT2D eigenvalue weighted by Crippen LogP contribution is -2.00. The minimum atomic E-state index is 0.428. The molecule has 0 aliphatic rings. The monoisotopic (exact) mass is 297 g/mol. The molecule has 0 saturated heterocycles. The molecule has 3 rings (SSSR count). The smallest absolute Gasteiger partial charge is 0.145 e. The van der Waals surface area contributed by atoms with Crippen molar-refractivity contribution in [2.45, 2.75) is 11.8 Å². The summed E-state index contributed by atoms with van der Waals surface area (Å²) in [5.74, 6) is 1.20. The van der Waals surface area contributed by atoms with E-state index in [1.807, 2.05) is 31.2 Å². The van der Waals surface area contributed by atoms with Crippen molar-refractivity contribution in [3.05, 3.63) is 36.7 Å². The zero-order chi connectivity index (χ0) is 14.8. The van der Waals surface area contributed by atoms with Crippen molar-refractivity contribution in [1.29, 1.82) is 0 Å². The average molecular weight is 297 g/mol. The van der Waals surface area contributed by atoms with Gasteiger partial charge in [-0.3, -0.25) is 4.98 Å². The van der Waals surface area contributed by atoms with Gasteiger partial charge in [-0.25, -0.2) is 9.97 Å². The Morgan fingerprint density at radius 2 is 1.95 bits per heavy atom. The van der Waals surface area contributed by atoms with E-state index in [9.17, 15) is 0 Å². The number of thiol groups is 1. The van der Waals surface area contributed by atoms with Crippen LogP contribution >= 0.6 is 12.6 Å². The predicted octanol–water partition coefficient (Wildman–Crippen LogP) is 2.99. The van der Waals surface area contributed by atoms with Gasteiger partial charge < -0.3 is 11.1 Å². The number of nitrogens with one attached hydrogen (secondary N) is 1. The fourth-order valence-electron chi connectivity index (χ4n) is 2.08. The van der Waals surface area contributed by atoms with E-state index >= 15 is 0 Å². The van der Waals surface area contributed by atoms with Gasteiger partial charge in [0.05, 0.1) is 17.2 Å². The summed E-state index contributed by atoms with van der Waals surface area (Å²) in [5.41, 5.74) is 9.34. The third kappa shape index (κ3) is 2.75. The van der Waals surface area contributed by atoms with Crippen LogP contribution in [0.1, 0.15) is 6.92 Å². The summed E-state index contributed by atoms with van der Waals surface area (Å²) < 4.78 is 0. The standard InChI is InChI=1S/C15H15N5S/c1-2-17-14-8-18-11-4-3-9(5-12(11)20-14)10-6-13(21)15(16)19-7-10/h3-8,21H,2H2,1H3,(H2,16,19)(H,17,20). The molecule has 21 heavy (non-hydrogen) atoms. The van der Waals surface area contributed by atoms with Crippen LogP contribution in [-0.2, 0) is 0 Å². The van der Waals surface area contributed by atoms with Crippen molar-refractivity contribution in [2.24, 2.45) is 0 Å². The number of nitrogen functional groups attached to an aromatic ring is 1. The van der Waals surface area contributed by atoms with Gasteiger partial charge in [-0.15, -0.1) is 12.6 Å². The molecular formula is C15H15N5S. The Morgan fingerprint density at radius 3 is 2.71 bits per heavy atom. The van der Waals surface area contributed by atoms with E-state index < -0.39 is 0 Å². The van der Waals surface area contributed by atoms with Gasteiger partial charge >= 0.3 is 0 Å². The van der Waals surface area contributed by atoms with E-state index in [-0.39, 0.29) is 0 Å². The van der Waals surface area contributed by atoms with Crippen molar-refractivity contribution >= 4 is 35.3 Å². The van der Waals surface area contributed by atoms with Gasteiger partial charge in [0.2, 0.25) is 0 Å². The largest absolute Gasteiger partial charge is 0.383 e. The summed E-state index contributed by atoms with van der Waals surface area (Å²) in [6.07, 6.45) is 3.47. The zero-order valence-corrected chi connectivity index (χ0v) is 12.4. The molecule has 0 aliphatic carbocycles. The van der Waals surface area contributed by atoms with Crippen molar-refractivity contribution in [3.8, 4) is 11.1 Å². The molecule has 0 unspecified atom stereocenters. The molecule has 0 amide bonds. The fraction of sp³-hybridized carbons (Fsp3) is 0.133. The lowest BCUT2D eigenvalue weighted by atomic mass is 10.1. The highest BCUT2D eigenvalue weighted by Gasteiger charge is 2.05. The minimum Gasteiger partial charge on any atom is -0.383 e. The number of rotatable bonds is 3. The number of nitrogens with zero attached hydrogens (tertiary/aromatic N) is 3. The van der Waals surface area contributed by atoms with Crippen LogP contribution in [0.15, 0.2) is 41.6 Å². The Morgan fingerprint density at radius 1 is 1.10 bits per heavy atom. The van der Waals surface area contributed by atoms with Gasteiger partial charge in [-0.1, -0.05) is 6.07 Å². The number of hydrogen-bond acceptors (Lipinski definition) is 6. The third-order valence-electron chi connectivity index (χ3n) is 3.13. The van der Waals surface area contributed by atoms with Crippen LogP contribution in [0.25, 0.3) is 22.2 Å². The van der Waals surface area contributed by atoms with Crippen LogP contribution in [0, 0.1) is 0 Å². The second kappa shape index (κ2) is 5.57. The zero-order valence-electron chi connectivity index (χ0n) is 11.5. The molecule has 2 aromatic heterocycles. The van der Waals surface area contributed by atoms with Gasteiger partial charge in [0.1, 0.15) is 11.6 Å². The molecule has 5 nitrogen and oxygen atoms in total. The van der Waals surface area contributed by atoms with Crippen molar-refractivity contribution in [1.82, 2.24) is 15.0 Å². The molecule has 3 N–H and O–H groups in total. The molecule has 0 saturated carbocycles. The highest BCUT2D eigenvalue weighted by atomic mass is 32.1. The maximum absolute atomic E-state index is 5.69. The van der Waals surface area contributed by atoms with Crippen molar-refractivity contribution < 1.29 is 0 Å². The maximum Gasteiger partial charge on any atom is 0.145 e. The summed E-state index contributed by atoms with van der Waals surface area (Å²) >= 11 is 4.31. The number of anilines is 2. The number of hydrogen-bond donors (Lipinski definition) is 3. The molecule has 0 atom stereocenters. The van der Waals surface area contributed by atoms with Gasteiger partial charge in [-0.2, -0.15) is 0 Å². The first-order chi connectivity index (χ1) is 10.2. The van der Waals surface area contributed by atoms with Crippen LogP contribution in [0.2, 0.25) is 0 Å². The number of benzene rings is 1. The summed E-state index contributed by atoms with van der Waals surface area (Å²) in [7, 11) is 0. The Hall–Kier alpha value is -2.34. The molecule has 0 spiro atoms. The first-order valence-corrected chi connectivity index (χ1v) is 7.07. The van der Waals surface area contributed by atoms with E-state index in [4.69, 9.17) is 5.73 Å². The second-order valence-electron chi connectivity index (χ2n) is 4.62. The molecule has 1 aromatic carbocycles. The van der Waals surface area contributed by atoms with Crippen LogP contribution < -0.4 is 11.1 Å². The molecule has 0 bridgehead atoms. The molecule has 6 heteroatoms. The summed E-state index contributed by atoms with van der Waals surface area (Å²) in [5, 5.41) is 3.16. The number of nitrogens with two attached hydrogens (primary N) is 1. The van der Waals surface area contributed by atoms with Crippen LogP contribution in [0.5, 0.6) is 0 Å². The first kappa shape index (κ1) is 13.6. The van der Waals surface area contributed by atoms with E-state index in [0.717, 1.165) is 34.5 Å². The Bertz CT molecular complexity index is 803. The third-order valence-corrected chi connectivity index (χ3v) is 3.49. The first-order valence-electron chi connectivity index (χ1n) is 6.63. The van der Waals surface area contributed by atoms with Crippen LogP contribution in [0.3, 0.4) is 0 Å². The topological polar surface area (TPSA) is 76.7 Å². The minimum absolute atomic E-state index is 0.428. The molecule has 0 radical (unpaired) electrons. The van der Waals surface area contributed by atoms with Crippen LogP contribution in [-0.4, -0.2) is 21.5 Å². The second-order valence-corrected chi connectivity index (χ2v) is 5.10. The molecule has 0 aliphatic heterocycles. The van der Waals surface area contributed by atoms with Gasteiger partial charge in [-0.05, 0) is 30.7 Å². The van der Waals surface area contributed by atoms with E-state index in [2.05, 4.69) is 32.9 Å². The predicted molar refractivity (Wildman–Crippen MR) is 88.6 cm³/mol. The summed E-state index contributed by atoms with van der Waals surface area (Å²) in [6.45, 7) is 2.83. The Labute approximate surface area is 128 Å². The highest BCUT2D eigenvalue weighted by Crippen LogP contribution is 2.26. The van der Waals surface area contributed by atoms with Gasteiger partial charge in [0.15, 0.2) is 0 Å². The molecular weight excluding hydrogens is 282 g/mol. The van der Waals surface area contributed by atoms with E-state index in [1.165, 1.54) is 0 Å². The Kier molecular flexibility index (Phi) is 3.62. The van der Waals surface area contributed by atoms with Gasteiger partial charge in [0.25, 0.3) is 0 Å². The Balaban J connectivity index is 2.08. The van der Waals surface area contributed by atoms with Crippen LogP contribution in [0.4, 0.5) is 11.6 Å². The molecule has 106 valence electrons.